The molecule has 0 aliphatic rings. The Kier molecular flexibility index (Phi) is 5.07. The van der Waals surface area contributed by atoms with E-state index in [9.17, 15) is 13.6 Å². The predicted molar refractivity (Wildman–Crippen MR) is 67.2 cm³/mol. The first-order chi connectivity index (χ1) is 8.49. The average molecular weight is 256 g/mol. The molecule has 1 amide bonds. The van der Waals surface area contributed by atoms with Crippen molar-refractivity contribution in [2.75, 3.05) is 5.73 Å². The highest BCUT2D eigenvalue weighted by Crippen LogP contribution is 2.17. The second kappa shape index (κ2) is 6.33. The van der Waals surface area contributed by atoms with Gasteiger partial charge in [0.2, 0.25) is 0 Å². The molecular weight excluding hydrogens is 238 g/mol. The summed E-state index contributed by atoms with van der Waals surface area (Å²) in [6.07, 6.45) is 2.55. The van der Waals surface area contributed by atoms with Crippen LogP contribution >= 0.6 is 0 Å². The smallest absolute Gasteiger partial charge is 0.251 e. The molecule has 0 saturated carbocycles. The van der Waals surface area contributed by atoms with Gasteiger partial charge in [-0.1, -0.05) is 20.3 Å². The number of carbonyl (C=O) groups is 1. The maximum absolute atomic E-state index is 13.2. The minimum atomic E-state index is -0.913. The van der Waals surface area contributed by atoms with Crippen LogP contribution in [0.5, 0.6) is 0 Å². The molecule has 0 aliphatic heterocycles. The number of nitrogen functional groups attached to an aromatic ring is 1. The summed E-state index contributed by atoms with van der Waals surface area (Å²) >= 11 is 0. The standard InChI is InChI=1S/C13H18F2N2O/c1-3-5-9(4-2)17-13(18)8-6-10(14)12(16)11(15)7-8/h6-7,9H,3-5,16H2,1-2H3,(H,17,18). The number of nitrogens with one attached hydrogen (secondary N) is 1. The van der Waals surface area contributed by atoms with E-state index < -0.39 is 23.2 Å². The van der Waals surface area contributed by atoms with Crippen LogP contribution in [0.25, 0.3) is 0 Å². The Labute approximate surface area is 105 Å². The average Bonchev–Trinajstić information content (AvgIpc) is 2.34. The van der Waals surface area contributed by atoms with Crippen molar-refractivity contribution in [3.63, 3.8) is 0 Å². The van der Waals surface area contributed by atoms with Crippen molar-refractivity contribution in [1.29, 1.82) is 0 Å². The molecule has 0 aliphatic carbocycles. The third-order valence-corrected chi connectivity index (χ3v) is 2.81. The van der Waals surface area contributed by atoms with Gasteiger partial charge < -0.3 is 11.1 Å². The highest BCUT2D eigenvalue weighted by Gasteiger charge is 2.15. The molecule has 1 atom stereocenters. The normalized spacial score (nSPS) is 12.2. The van der Waals surface area contributed by atoms with Crippen LogP contribution in [0.15, 0.2) is 12.1 Å². The van der Waals surface area contributed by atoms with Gasteiger partial charge in [0.05, 0.1) is 0 Å². The molecule has 0 bridgehead atoms. The summed E-state index contributed by atoms with van der Waals surface area (Å²) in [6.45, 7) is 3.96. The molecule has 0 radical (unpaired) electrons. The summed E-state index contributed by atoms with van der Waals surface area (Å²) in [5.41, 5.74) is 4.53. The summed E-state index contributed by atoms with van der Waals surface area (Å²) in [5.74, 6) is -2.31. The van der Waals surface area contributed by atoms with Gasteiger partial charge in [0, 0.05) is 11.6 Å². The predicted octanol–water partition coefficient (Wildman–Crippen LogP) is 2.86. The topological polar surface area (TPSA) is 55.1 Å². The van der Waals surface area contributed by atoms with Gasteiger partial charge in [-0.3, -0.25) is 4.79 Å². The molecule has 3 nitrogen and oxygen atoms in total. The number of hydrogen-bond acceptors (Lipinski definition) is 2. The van der Waals surface area contributed by atoms with Crippen molar-refractivity contribution < 1.29 is 13.6 Å². The maximum atomic E-state index is 13.2. The van der Waals surface area contributed by atoms with E-state index in [1.165, 1.54) is 0 Å². The van der Waals surface area contributed by atoms with E-state index >= 15 is 0 Å². The van der Waals surface area contributed by atoms with Crippen molar-refractivity contribution in [2.45, 2.75) is 39.2 Å². The lowest BCUT2D eigenvalue weighted by Gasteiger charge is -2.16. The van der Waals surface area contributed by atoms with E-state index in [0.29, 0.717) is 0 Å². The van der Waals surface area contributed by atoms with Gasteiger partial charge in [-0.15, -0.1) is 0 Å². The summed E-state index contributed by atoms with van der Waals surface area (Å²) in [6, 6.07) is 1.92. The second-order valence-corrected chi connectivity index (χ2v) is 4.22. The Hall–Kier alpha value is -1.65. The monoisotopic (exact) mass is 256 g/mol. The summed E-state index contributed by atoms with van der Waals surface area (Å²) in [5, 5.41) is 2.74. The number of carbonyl (C=O) groups excluding carboxylic acids is 1. The molecule has 1 rings (SSSR count). The van der Waals surface area contributed by atoms with E-state index in [-0.39, 0.29) is 11.6 Å². The first-order valence-electron chi connectivity index (χ1n) is 6.04. The van der Waals surface area contributed by atoms with E-state index in [0.717, 1.165) is 31.4 Å². The Morgan fingerprint density at radius 2 is 1.89 bits per heavy atom. The van der Waals surface area contributed by atoms with Crippen LogP contribution in [0, 0.1) is 11.6 Å². The largest absolute Gasteiger partial charge is 0.394 e. The molecule has 1 unspecified atom stereocenters. The first kappa shape index (κ1) is 14.4. The summed E-state index contributed by atoms with van der Waals surface area (Å²) < 4.78 is 26.4. The van der Waals surface area contributed by atoms with Crippen LogP contribution in [0.3, 0.4) is 0 Å². The first-order valence-corrected chi connectivity index (χ1v) is 6.04. The quantitative estimate of drug-likeness (QED) is 0.796. The number of benzene rings is 1. The minimum Gasteiger partial charge on any atom is -0.394 e. The highest BCUT2D eigenvalue weighted by molar-refractivity contribution is 5.94. The molecule has 0 aromatic heterocycles. The number of halogens is 2. The van der Waals surface area contributed by atoms with Gasteiger partial charge in [0.25, 0.3) is 5.91 Å². The van der Waals surface area contributed by atoms with E-state index in [4.69, 9.17) is 5.73 Å². The number of anilines is 1. The molecule has 1 aromatic rings. The van der Waals surface area contributed by atoms with Crippen LogP contribution in [0.2, 0.25) is 0 Å². The van der Waals surface area contributed by atoms with Crippen LogP contribution < -0.4 is 11.1 Å². The molecular formula is C13H18F2N2O. The number of rotatable bonds is 5. The summed E-state index contributed by atoms with van der Waals surface area (Å²) in [4.78, 5) is 11.8. The Balaban J connectivity index is 2.84. The maximum Gasteiger partial charge on any atom is 0.251 e. The molecule has 3 N–H and O–H groups in total. The van der Waals surface area contributed by atoms with Gasteiger partial charge in [-0.2, -0.15) is 0 Å². The van der Waals surface area contributed by atoms with Crippen LogP contribution in [-0.4, -0.2) is 11.9 Å². The second-order valence-electron chi connectivity index (χ2n) is 4.22. The van der Waals surface area contributed by atoms with Gasteiger partial charge in [-0.25, -0.2) is 8.78 Å². The fourth-order valence-corrected chi connectivity index (χ4v) is 1.71. The van der Waals surface area contributed by atoms with Crippen LogP contribution in [0.4, 0.5) is 14.5 Å². The van der Waals surface area contributed by atoms with E-state index in [1.54, 1.807) is 0 Å². The van der Waals surface area contributed by atoms with Crippen molar-refractivity contribution in [3.8, 4) is 0 Å². The third kappa shape index (κ3) is 3.42. The fraction of sp³-hybridized carbons (Fsp3) is 0.462. The van der Waals surface area contributed by atoms with E-state index in [1.807, 2.05) is 13.8 Å². The molecule has 0 heterocycles. The zero-order valence-electron chi connectivity index (χ0n) is 10.6. The molecule has 0 fully saturated rings. The molecule has 1 aromatic carbocycles. The van der Waals surface area contributed by atoms with Gasteiger partial charge in [-0.05, 0) is 25.0 Å². The zero-order chi connectivity index (χ0) is 13.7. The van der Waals surface area contributed by atoms with Gasteiger partial charge in [0.1, 0.15) is 17.3 Å². The molecule has 18 heavy (non-hydrogen) atoms. The van der Waals surface area contributed by atoms with Crippen molar-refractivity contribution in [3.05, 3.63) is 29.3 Å². The molecule has 100 valence electrons. The van der Waals surface area contributed by atoms with Gasteiger partial charge >= 0.3 is 0 Å². The third-order valence-electron chi connectivity index (χ3n) is 2.81. The van der Waals surface area contributed by atoms with Gasteiger partial charge in [0.15, 0.2) is 0 Å². The minimum absolute atomic E-state index is 0.0196. The lowest BCUT2D eigenvalue weighted by Crippen LogP contribution is -2.34. The van der Waals surface area contributed by atoms with Crippen molar-refractivity contribution >= 4 is 11.6 Å². The van der Waals surface area contributed by atoms with Crippen LogP contribution in [-0.2, 0) is 0 Å². The molecule has 0 spiro atoms. The zero-order valence-corrected chi connectivity index (χ0v) is 10.6. The number of amides is 1. The Morgan fingerprint density at radius 3 is 2.33 bits per heavy atom. The molecule has 5 heteroatoms. The Bertz CT molecular complexity index is 412. The SMILES string of the molecule is CCCC(CC)NC(=O)c1cc(F)c(N)c(F)c1. The van der Waals surface area contributed by atoms with Crippen molar-refractivity contribution in [2.24, 2.45) is 0 Å². The van der Waals surface area contributed by atoms with Crippen LogP contribution in [0.1, 0.15) is 43.5 Å². The number of nitrogens with two attached hydrogens (primary N) is 1. The van der Waals surface area contributed by atoms with E-state index in [2.05, 4.69) is 5.32 Å². The lowest BCUT2D eigenvalue weighted by molar-refractivity contribution is 0.0933. The number of hydrogen-bond donors (Lipinski definition) is 2. The summed E-state index contributed by atoms with van der Waals surface area (Å²) in [7, 11) is 0. The Morgan fingerprint density at radius 1 is 1.33 bits per heavy atom. The fourth-order valence-electron chi connectivity index (χ4n) is 1.71. The van der Waals surface area contributed by atoms with Crippen molar-refractivity contribution in [1.82, 2.24) is 5.32 Å². The highest BCUT2D eigenvalue weighted by atomic mass is 19.1. The molecule has 0 saturated heterocycles. The lowest BCUT2D eigenvalue weighted by atomic mass is 10.1.